The quantitative estimate of drug-likeness (QED) is 0.274. The van der Waals surface area contributed by atoms with Crippen LogP contribution in [-0.4, -0.2) is 56.5 Å². The average molecular weight is 530 g/mol. The fourth-order valence-corrected chi connectivity index (χ4v) is 4.23. The molecule has 1 aliphatic carbocycles. The highest BCUT2D eigenvalue weighted by Crippen LogP contribution is 2.38. The van der Waals surface area contributed by atoms with E-state index in [9.17, 15) is 4.79 Å². The summed E-state index contributed by atoms with van der Waals surface area (Å²) < 4.78 is 0. The molecule has 170 valence electrons. The largest absolute Gasteiger partial charge is 0.355 e. The standard InChI is InChI=1S/C23H39N5O.HI/c1-18(19-12-8-7-9-13-19)27-22(2,3)16-25-21(24-4)26-17-23(14-10-11-15-23)20(29)28(5)6;/h7-9,12-13,18,27H,10-11,14-17H2,1-6H3,(H2,24,25,26);1H. The SMILES string of the molecule is CN=C(NCC(C)(C)NC(C)c1ccccc1)NCC1(C(=O)N(C)C)CCCC1.I. The van der Waals surface area contributed by atoms with Crippen LogP contribution < -0.4 is 16.0 Å². The number of amides is 1. The van der Waals surface area contributed by atoms with Crippen molar-refractivity contribution in [2.45, 2.75) is 58.0 Å². The van der Waals surface area contributed by atoms with Crippen LogP contribution in [0.3, 0.4) is 0 Å². The first-order valence-electron chi connectivity index (χ1n) is 10.7. The summed E-state index contributed by atoms with van der Waals surface area (Å²) in [4.78, 5) is 18.8. The number of halogens is 1. The monoisotopic (exact) mass is 529 g/mol. The van der Waals surface area contributed by atoms with Crippen LogP contribution >= 0.6 is 24.0 Å². The van der Waals surface area contributed by atoms with Gasteiger partial charge in [0.1, 0.15) is 0 Å². The van der Waals surface area contributed by atoms with Gasteiger partial charge >= 0.3 is 0 Å². The summed E-state index contributed by atoms with van der Waals surface area (Å²) in [5.41, 5.74) is 0.835. The van der Waals surface area contributed by atoms with Crippen molar-refractivity contribution in [1.29, 1.82) is 0 Å². The molecule has 1 aromatic rings. The Bertz CT molecular complexity index is 684. The molecule has 1 aromatic carbocycles. The van der Waals surface area contributed by atoms with E-state index in [1.165, 1.54) is 5.56 Å². The Hall–Kier alpha value is -1.35. The number of hydrogen-bond acceptors (Lipinski definition) is 3. The molecule has 1 fully saturated rings. The smallest absolute Gasteiger partial charge is 0.230 e. The van der Waals surface area contributed by atoms with Gasteiger partial charge in [0.25, 0.3) is 0 Å². The Morgan fingerprint density at radius 1 is 1.17 bits per heavy atom. The number of benzene rings is 1. The van der Waals surface area contributed by atoms with Crippen molar-refractivity contribution < 1.29 is 4.79 Å². The fraction of sp³-hybridized carbons (Fsp3) is 0.652. The second kappa shape index (κ2) is 11.9. The zero-order valence-corrected chi connectivity index (χ0v) is 21.7. The maximum absolute atomic E-state index is 12.8. The summed E-state index contributed by atoms with van der Waals surface area (Å²) in [6.07, 6.45) is 4.11. The van der Waals surface area contributed by atoms with E-state index in [0.717, 1.165) is 38.2 Å². The molecule has 1 saturated carbocycles. The van der Waals surface area contributed by atoms with E-state index in [4.69, 9.17) is 0 Å². The first kappa shape index (κ1) is 26.7. The van der Waals surface area contributed by atoms with Crippen molar-refractivity contribution in [1.82, 2.24) is 20.9 Å². The van der Waals surface area contributed by atoms with Gasteiger partial charge < -0.3 is 20.9 Å². The first-order chi connectivity index (χ1) is 13.7. The number of carbonyl (C=O) groups is 1. The Kier molecular flexibility index (Phi) is 10.6. The van der Waals surface area contributed by atoms with Gasteiger partial charge in [-0.1, -0.05) is 43.2 Å². The number of nitrogens with zero attached hydrogens (tertiary/aromatic N) is 2. The molecule has 2 rings (SSSR count). The lowest BCUT2D eigenvalue weighted by molar-refractivity contribution is -0.138. The topological polar surface area (TPSA) is 68.8 Å². The van der Waals surface area contributed by atoms with Crippen molar-refractivity contribution in [3.8, 4) is 0 Å². The van der Waals surface area contributed by atoms with Gasteiger partial charge in [0.2, 0.25) is 5.91 Å². The lowest BCUT2D eigenvalue weighted by Gasteiger charge is -2.33. The highest BCUT2D eigenvalue weighted by Gasteiger charge is 2.42. The molecule has 0 aromatic heterocycles. The molecule has 1 atom stereocenters. The number of nitrogens with one attached hydrogen (secondary N) is 3. The van der Waals surface area contributed by atoms with Crippen LogP contribution in [0.4, 0.5) is 0 Å². The molecule has 1 unspecified atom stereocenters. The predicted molar refractivity (Wildman–Crippen MR) is 136 cm³/mol. The summed E-state index contributed by atoms with van der Waals surface area (Å²) in [6, 6.07) is 10.7. The van der Waals surface area contributed by atoms with E-state index in [-0.39, 0.29) is 46.9 Å². The maximum Gasteiger partial charge on any atom is 0.230 e. The fourth-order valence-electron chi connectivity index (χ4n) is 4.23. The van der Waals surface area contributed by atoms with E-state index in [2.05, 4.69) is 66.0 Å². The van der Waals surface area contributed by atoms with E-state index in [1.807, 2.05) is 20.2 Å². The van der Waals surface area contributed by atoms with Gasteiger partial charge in [-0.05, 0) is 39.2 Å². The molecule has 1 aliphatic rings. The van der Waals surface area contributed by atoms with Crippen molar-refractivity contribution >= 4 is 35.8 Å². The van der Waals surface area contributed by atoms with E-state index in [1.54, 1.807) is 11.9 Å². The zero-order valence-electron chi connectivity index (χ0n) is 19.4. The minimum atomic E-state index is -0.309. The molecule has 0 bridgehead atoms. The van der Waals surface area contributed by atoms with E-state index < -0.39 is 0 Å². The summed E-state index contributed by atoms with van der Waals surface area (Å²) in [6.45, 7) is 7.89. The maximum atomic E-state index is 12.8. The molecule has 0 spiro atoms. The van der Waals surface area contributed by atoms with Crippen molar-refractivity contribution in [3.63, 3.8) is 0 Å². The third-order valence-electron chi connectivity index (χ3n) is 5.84. The number of guanidine groups is 1. The van der Waals surface area contributed by atoms with Gasteiger partial charge in [0, 0.05) is 45.8 Å². The molecule has 0 aliphatic heterocycles. The second-order valence-electron chi connectivity index (χ2n) is 9.13. The zero-order chi connectivity index (χ0) is 21.5. The van der Waals surface area contributed by atoms with Crippen LogP contribution in [0.25, 0.3) is 0 Å². The van der Waals surface area contributed by atoms with Gasteiger partial charge in [-0.15, -0.1) is 24.0 Å². The minimum Gasteiger partial charge on any atom is -0.355 e. The Morgan fingerprint density at radius 2 is 1.77 bits per heavy atom. The molecule has 0 saturated heterocycles. The van der Waals surface area contributed by atoms with Crippen LogP contribution in [-0.2, 0) is 4.79 Å². The molecule has 0 heterocycles. The van der Waals surface area contributed by atoms with Crippen LogP contribution in [0.2, 0.25) is 0 Å². The van der Waals surface area contributed by atoms with Crippen molar-refractivity contribution in [2.75, 3.05) is 34.2 Å². The molecule has 1 amide bonds. The second-order valence-corrected chi connectivity index (χ2v) is 9.13. The molecule has 3 N–H and O–H groups in total. The first-order valence-corrected chi connectivity index (χ1v) is 10.7. The molecule has 6 nitrogen and oxygen atoms in total. The summed E-state index contributed by atoms with van der Waals surface area (Å²) in [7, 11) is 5.46. The van der Waals surface area contributed by atoms with Crippen molar-refractivity contribution in [2.24, 2.45) is 10.4 Å². The Balaban J connectivity index is 0.00000450. The van der Waals surface area contributed by atoms with Crippen LogP contribution in [0.5, 0.6) is 0 Å². The van der Waals surface area contributed by atoms with Crippen molar-refractivity contribution in [3.05, 3.63) is 35.9 Å². The Labute approximate surface area is 199 Å². The van der Waals surface area contributed by atoms with Gasteiger partial charge in [-0.2, -0.15) is 0 Å². The molecule has 0 radical (unpaired) electrons. The van der Waals surface area contributed by atoms with Crippen LogP contribution in [0.15, 0.2) is 35.3 Å². The normalized spacial score (nSPS) is 17.1. The van der Waals surface area contributed by atoms with Gasteiger partial charge in [0.15, 0.2) is 5.96 Å². The summed E-state index contributed by atoms with van der Waals surface area (Å²) >= 11 is 0. The van der Waals surface area contributed by atoms with Gasteiger partial charge in [0.05, 0.1) is 5.41 Å². The summed E-state index contributed by atoms with van der Waals surface area (Å²) in [5, 5.41) is 10.5. The lowest BCUT2D eigenvalue weighted by Crippen LogP contribution is -2.54. The van der Waals surface area contributed by atoms with Gasteiger partial charge in [-0.3, -0.25) is 9.79 Å². The molecular formula is C23H40IN5O. The van der Waals surface area contributed by atoms with Crippen LogP contribution in [0.1, 0.15) is 58.1 Å². The predicted octanol–water partition coefficient (Wildman–Crippen LogP) is 3.55. The van der Waals surface area contributed by atoms with Crippen LogP contribution in [0, 0.1) is 5.41 Å². The number of hydrogen-bond donors (Lipinski definition) is 3. The van der Waals surface area contributed by atoms with Gasteiger partial charge in [-0.25, -0.2) is 0 Å². The summed E-state index contributed by atoms with van der Waals surface area (Å²) in [5.74, 6) is 0.960. The minimum absolute atomic E-state index is 0. The Morgan fingerprint density at radius 3 is 2.30 bits per heavy atom. The third kappa shape index (κ3) is 7.41. The van der Waals surface area contributed by atoms with E-state index >= 15 is 0 Å². The lowest BCUT2D eigenvalue weighted by atomic mass is 9.84. The third-order valence-corrected chi connectivity index (χ3v) is 5.84. The molecule has 30 heavy (non-hydrogen) atoms. The number of carbonyl (C=O) groups excluding carboxylic acids is 1. The highest BCUT2D eigenvalue weighted by atomic mass is 127. The molecular weight excluding hydrogens is 489 g/mol. The average Bonchev–Trinajstić information content (AvgIpc) is 3.17. The number of aliphatic imine (C=N–C) groups is 1. The number of rotatable bonds is 8. The highest BCUT2D eigenvalue weighted by molar-refractivity contribution is 14.0. The van der Waals surface area contributed by atoms with E-state index in [0.29, 0.717) is 6.54 Å². The molecule has 7 heteroatoms.